The van der Waals surface area contributed by atoms with Gasteiger partial charge >= 0.3 is 0 Å². The number of sulfonamides is 1. The molecule has 18 heavy (non-hydrogen) atoms. The van der Waals surface area contributed by atoms with Crippen molar-refractivity contribution < 1.29 is 8.42 Å². The second-order valence-electron chi connectivity index (χ2n) is 4.65. The molecule has 1 fully saturated rings. The van der Waals surface area contributed by atoms with Crippen LogP contribution in [0.1, 0.15) is 24.8 Å². The standard InChI is InChI=1S/C11H15Br2NO2S2/c1-7-4-10(17-11(7)13)18(15,16)14-6-8-2-3-9(12)5-8/h4,8-9,14H,2-3,5-6H2,1H3. The zero-order valence-corrected chi connectivity index (χ0v) is 14.8. The van der Waals surface area contributed by atoms with Gasteiger partial charge < -0.3 is 0 Å². The largest absolute Gasteiger partial charge is 0.250 e. The topological polar surface area (TPSA) is 46.2 Å². The zero-order valence-electron chi connectivity index (χ0n) is 9.95. The molecule has 1 saturated carbocycles. The highest BCUT2D eigenvalue weighted by molar-refractivity contribution is 9.11. The molecule has 0 bridgehead atoms. The van der Waals surface area contributed by atoms with Gasteiger partial charge in [-0.2, -0.15) is 0 Å². The molecule has 0 amide bonds. The maximum atomic E-state index is 12.1. The highest BCUT2D eigenvalue weighted by atomic mass is 79.9. The van der Waals surface area contributed by atoms with Crippen molar-refractivity contribution in [3.8, 4) is 0 Å². The molecule has 1 aliphatic carbocycles. The molecular formula is C11H15Br2NO2S2. The number of alkyl halides is 1. The van der Waals surface area contributed by atoms with Crippen LogP contribution in [0.3, 0.4) is 0 Å². The van der Waals surface area contributed by atoms with Crippen LogP contribution < -0.4 is 4.72 Å². The summed E-state index contributed by atoms with van der Waals surface area (Å²) < 4.78 is 28.2. The van der Waals surface area contributed by atoms with Crippen molar-refractivity contribution in [2.24, 2.45) is 5.92 Å². The fourth-order valence-corrected chi connectivity index (χ4v) is 6.24. The van der Waals surface area contributed by atoms with Crippen LogP contribution in [0, 0.1) is 12.8 Å². The summed E-state index contributed by atoms with van der Waals surface area (Å²) in [6.45, 7) is 2.44. The Morgan fingerprint density at radius 2 is 2.22 bits per heavy atom. The summed E-state index contributed by atoms with van der Waals surface area (Å²) in [6, 6.07) is 1.71. The van der Waals surface area contributed by atoms with Crippen LogP contribution >= 0.6 is 43.2 Å². The van der Waals surface area contributed by atoms with E-state index in [0.29, 0.717) is 21.5 Å². The van der Waals surface area contributed by atoms with E-state index < -0.39 is 10.0 Å². The summed E-state index contributed by atoms with van der Waals surface area (Å²) in [5, 5.41) is 0. The molecule has 1 aromatic heterocycles. The van der Waals surface area contributed by atoms with Gasteiger partial charge in [-0.15, -0.1) is 11.3 Å². The molecule has 1 heterocycles. The van der Waals surface area contributed by atoms with Crippen LogP contribution in [0.15, 0.2) is 14.1 Å². The molecule has 2 atom stereocenters. The number of rotatable bonds is 4. The van der Waals surface area contributed by atoms with Gasteiger partial charge in [-0.05, 0) is 59.7 Å². The normalized spacial score (nSPS) is 24.6. The molecule has 2 rings (SSSR count). The molecule has 1 aromatic rings. The molecule has 0 saturated heterocycles. The van der Waals surface area contributed by atoms with Crippen LogP contribution in [-0.4, -0.2) is 19.8 Å². The first kappa shape index (κ1) is 15.0. The van der Waals surface area contributed by atoms with Crippen molar-refractivity contribution >= 4 is 53.2 Å². The predicted octanol–water partition coefficient (Wildman–Crippen LogP) is 3.66. The second-order valence-corrected chi connectivity index (χ2v) is 10.3. The Morgan fingerprint density at radius 3 is 2.72 bits per heavy atom. The van der Waals surface area contributed by atoms with E-state index >= 15 is 0 Å². The fraction of sp³-hybridized carbons (Fsp3) is 0.636. The third-order valence-electron chi connectivity index (χ3n) is 3.14. The van der Waals surface area contributed by atoms with Gasteiger partial charge in [0, 0.05) is 11.4 Å². The van der Waals surface area contributed by atoms with E-state index in [1.807, 2.05) is 6.92 Å². The Kier molecular flexibility index (Phi) is 4.91. The van der Waals surface area contributed by atoms with Crippen LogP contribution in [-0.2, 0) is 10.0 Å². The van der Waals surface area contributed by atoms with E-state index in [-0.39, 0.29) is 0 Å². The van der Waals surface area contributed by atoms with Gasteiger partial charge in [-0.3, -0.25) is 0 Å². The molecule has 1 N–H and O–H groups in total. The third kappa shape index (κ3) is 3.56. The number of nitrogens with one attached hydrogen (secondary N) is 1. The minimum Gasteiger partial charge on any atom is -0.210 e. The van der Waals surface area contributed by atoms with Gasteiger partial charge in [0.15, 0.2) is 0 Å². The Bertz CT molecular complexity index is 508. The Labute approximate surface area is 129 Å². The average molecular weight is 417 g/mol. The molecule has 0 aromatic carbocycles. The Balaban J connectivity index is 1.99. The maximum absolute atomic E-state index is 12.1. The summed E-state index contributed by atoms with van der Waals surface area (Å²) in [4.78, 5) is 0.546. The molecule has 102 valence electrons. The van der Waals surface area contributed by atoms with E-state index in [0.717, 1.165) is 28.6 Å². The first-order valence-electron chi connectivity index (χ1n) is 5.78. The van der Waals surface area contributed by atoms with Crippen LogP contribution in [0.4, 0.5) is 0 Å². The quantitative estimate of drug-likeness (QED) is 0.761. The van der Waals surface area contributed by atoms with Crippen LogP contribution in [0.5, 0.6) is 0 Å². The van der Waals surface area contributed by atoms with Gasteiger partial charge in [0.05, 0.1) is 3.79 Å². The molecular weight excluding hydrogens is 402 g/mol. The summed E-state index contributed by atoms with van der Waals surface area (Å²) >= 11 is 8.19. The van der Waals surface area contributed by atoms with Crippen molar-refractivity contribution in [1.82, 2.24) is 4.72 Å². The summed E-state index contributed by atoms with van der Waals surface area (Å²) in [6.07, 6.45) is 3.28. The molecule has 1 aliphatic rings. The average Bonchev–Trinajstić information content (AvgIpc) is 2.84. The predicted molar refractivity (Wildman–Crippen MR) is 82.0 cm³/mol. The van der Waals surface area contributed by atoms with Crippen molar-refractivity contribution in [3.63, 3.8) is 0 Å². The van der Waals surface area contributed by atoms with Crippen LogP contribution in [0.2, 0.25) is 0 Å². The summed E-state index contributed by atoms with van der Waals surface area (Å²) in [5.41, 5.74) is 0.960. The number of aryl methyl sites for hydroxylation is 1. The number of hydrogen-bond acceptors (Lipinski definition) is 3. The van der Waals surface area contributed by atoms with Crippen molar-refractivity contribution in [3.05, 3.63) is 15.4 Å². The van der Waals surface area contributed by atoms with Crippen molar-refractivity contribution in [2.75, 3.05) is 6.54 Å². The molecule has 0 spiro atoms. The lowest BCUT2D eigenvalue weighted by Crippen LogP contribution is -2.28. The first-order chi connectivity index (χ1) is 8.38. The number of halogens is 2. The summed E-state index contributed by atoms with van der Waals surface area (Å²) in [5.74, 6) is 0.452. The van der Waals surface area contributed by atoms with E-state index in [9.17, 15) is 8.42 Å². The van der Waals surface area contributed by atoms with E-state index in [1.54, 1.807) is 6.07 Å². The smallest absolute Gasteiger partial charge is 0.210 e. The van der Waals surface area contributed by atoms with Gasteiger partial charge in [0.25, 0.3) is 0 Å². The van der Waals surface area contributed by atoms with Gasteiger partial charge in [-0.25, -0.2) is 13.1 Å². The molecule has 2 unspecified atom stereocenters. The molecule has 3 nitrogen and oxygen atoms in total. The monoisotopic (exact) mass is 415 g/mol. The first-order valence-corrected chi connectivity index (χ1v) is 9.79. The lowest BCUT2D eigenvalue weighted by molar-refractivity contribution is 0.521. The maximum Gasteiger partial charge on any atom is 0.250 e. The van der Waals surface area contributed by atoms with Crippen LogP contribution in [0.25, 0.3) is 0 Å². The van der Waals surface area contributed by atoms with Gasteiger partial charge in [0.2, 0.25) is 10.0 Å². The highest BCUT2D eigenvalue weighted by Crippen LogP contribution is 2.32. The minimum atomic E-state index is -3.34. The highest BCUT2D eigenvalue weighted by Gasteiger charge is 2.25. The van der Waals surface area contributed by atoms with Crippen molar-refractivity contribution in [2.45, 2.75) is 35.2 Å². The van der Waals surface area contributed by atoms with E-state index in [1.165, 1.54) is 11.3 Å². The zero-order chi connectivity index (χ0) is 13.3. The van der Waals surface area contributed by atoms with E-state index in [4.69, 9.17) is 0 Å². The fourth-order valence-electron chi connectivity index (χ4n) is 2.06. The lowest BCUT2D eigenvalue weighted by atomic mass is 10.1. The lowest BCUT2D eigenvalue weighted by Gasteiger charge is -2.10. The Hall–Kier alpha value is 0.570. The third-order valence-corrected chi connectivity index (χ3v) is 8.00. The van der Waals surface area contributed by atoms with E-state index in [2.05, 4.69) is 36.6 Å². The second kappa shape index (κ2) is 5.91. The Morgan fingerprint density at radius 1 is 1.50 bits per heavy atom. The summed E-state index contributed by atoms with van der Waals surface area (Å²) in [7, 11) is -3.34. The van der Waals surface area contributed by atoms with Crippen molar-refractivity contribution in [1.29, 1.82) is 0 Å². The molecule has 7 heteroatoms. The van der Waals surface area contributed by atoms with Gasteiger partial charge in [-0.1, -0.05) is 15.9 Å². The number of thiophene rings is 1. The molecule has 0 radical (unpaired) electrons. The van der Waals surface area contributed by atoms with Gasteiger partial charge in [0.1, 0.15) is 4.21 Å². The number of hydrogen-bond donors (Lipinski definition) is 1. The minimum absolute atomic E-state index is 0.389. The molecule has 0 aliphatic heterocycles. The SMILES string of the molecule is Cc1cc(S(=O)(=O)NCC2CCC(Br)C2)sc1Br.